The molecule has 0 aliphatic heterocycles. The summed E-state index contributed by atoms with van der Waals surface area (Å²) >= 11 is 0. The van der Waals surface area contributed by atoms with E-state index in [0.29, 0.717) is 0 Å². The molecule has 0 radical (unpaired) electrons. The average molecular weight is 391 g/mol. The Morgan fingerprint density at radius 1 is 0.862 bits per heavy atom. The summed E-state index contributed by atoms with van der Waals surface area (Å²) in [4.78, 5) is 0. The minimum absolute atomic E-state index is 0.726. The van der Waals surface area contributed by atoms with E-state index in [1.54, 1.807) is 6.08 Å². The summed E-state index contributed by atoms with van der Waals surface area (Å²) in [5.41, 5.74) is 3.39. The molecule has 0 saturated heterocycles. The van der Waals surface area contributed by atoms with Crippen LogP contribution in [-0.2, 0) is 0 Å². The molecule has 0 atom stereocenters. The molecule has 0 aliphatic carbocycles. The lowest BCUT2D eigenvalue weighted by Crippen LogP contribution is -2.14. The minimum Gasteiger partial charge on any atom is -0.440 e. The topological polar surface area (TPSA) is 33.3 Å². The molecule has 0 unspecified atom stereocenters. The summed E-state index contributed by atoms with van der Waals surface area (Å²) in [6.45, 7) is 11.8. The van der Waals surface area contributed by atoms with Crippen molar-refractivity contribution in [3.63, 3.8) is 0 Å². The van der Waals surface area contributed by atoms with Crippen molar-refractivity contribution < 1.29 is 4.74 Å². The van der Waals surface area contributed by atoms with E-state index < -0.39 is 0 Å². The summed E-state index contributed by atoms with van der Waals surface area (Å²) < 4.78 is 5.98. The zero-order chi connectivity index (χ0) is 21.6. The van der Waals surface area contributed by atoms with Gasteiger partial charge in [-0.05, 0) is 43.0 Å². The maximum absolute atomic E-state index is 5.98. The normalized spacial score (nSPS) is 10.4. The molecule has 0 spiro atoms. The van der Waals surface area contributed by atoms with Crippen molar-refractivity contribution in [3.8, 4) is 5.75 Å². The van der Waals surface area contributed by atoms with Gasteiger partial charge < -0.3 is 15.4 Å². The van der Waals surface area contributed by atoms with Gasteiger partial charge in [0.15, 0.2) is 5.88 Å². The number of allylic oxidation sites excluding steroid dienone is 2. The molecule has 3 heteroatoms. The van der Waals surface area contributed by atoms with Crippen LogP contribution in [0.4, 0.5) is 5.69 Å². The number of hydrogen-bond donors (Lipinski definition) is 2. The first-order chi connectivity index (χ1) is 14.1. The van der Waals surface area contributed by atoms with Crippen LogP contribution in [0.3, 0.4) is 0 Å². The van der Waals surface area contributed by atoms with E-state index in [1.807, 2.05) is 83.4 Å². The van der Waals surface area contributed by atoms with Crippen molar-refractivity contribution in [2.24, 2.45) is 0 Å². The number of ether oxygens (including phenoxy) is 1. The van der Waals surface area contributed by atoms with Gasteiger partial charge in [0.25, 0.3) is 0 Å². The first-order valence-electron chi connectivity index (χ1n) is 10.0. The predicted molar refractivity (Wildman–Crippen MR) is 129 cm³/mol. The predicted octanol–water partition coefficient (Wildman–Crippen LogP) is 6.92. The van der Waals surface area contributed by atoms with Crippen LogP contribution in [0.5, 0.6) is 5.75 Å². The molecule has 3 nitrogen and oxygen atoms in total. The highest BCUT2D eigenvalue weighted by molar-refractivity contribution is 5.91. The Hall–Kier alpha value is -3.20. The number of aryl methyl sites for hydroxylation is 1. The highest BCUT2D eigenvalue weighted by atomic mass is 16.5. The molecule has 2 N–H and O–H groups in total. The van der Waals surface area contributed by atoms with Crippen LogP contribution in [0, 0.1) is 6.92 Å². The second-order valence-electron chi connectivity index (χ2n) is 6.11. The summed E-state index contributed by atoms with van der Waals surface area (Å²) in [6, 6.07) is 22.4. The Morgan fingerprint density at radius 2 is 1.45 bits per heavy atom. The number of rotatable bonds is 5. The van der Waals surface area contributed by atoms with Gasteiger partial charge in [0, 0.05) is 30.7 Å². The van der Waals surface area contributed by atoms with Crippen molar-refractivity contribution in [1.29, 1.82) is 0 Å². The van der Waals surface area contributed by atoms with E-state index in [2.05, 4.69) is 42.3 Å². The van der Waals surface area contributed by atoms with Crippen LogP contribution >= 0.6 is 0 Å². The number of para-hydroxylation sites is 1. The molecule has 29 heavy (non-hydrogen) atoms. The van der Waals surface area contributed by atoms with Crippen molar-refractivity contribution in [3.05, 3.63) is 96.4 Å². The van der Waals surface area contributed by atoms with Crippen LogP contribution in [0.15, 0.2) is 90.8 Å². The second kappa shape index (κ2) is 13.1. The van der Waals surface area contributed by atoms with Gasteiger partial charge in [-0.25, -0.2) is 0 Å². The first-order valence-corrected chi connectivity index (χ1v) is 10.0. The van der Waals surface area contributed by atoms with Crippen molar-refractivity contribution >= 4 is 16.5 Å². The number of anilines is 1. The second-order valence-corrected chi connectivity index (χ2v) is 6.11. The molecule has 0 aliphatic rings. The molecule has 0 bridgehead atoms. The number of hydrogen-bond acceptors (Lipinski definition) is 3. The van der Waals surface area contributed by atoms with Gasteiger partial charge in [0.1, 0.15) is 5.75 Å². The molecule has 0 heterocycles. The molecular formula is C26H34N2O. The van der Waals surface area contributed by atoms with E-state index in [0.717, 1.165) is 28.3 Å². The largest absolute Gasteiger partial charge is 0.440 e. The van der Waals surface area contributed by atoms with Gasteiger partial charge in [0.2, 0.25) is 0 Å². The van der Waals surface area contributed by atoms with Crippen LogP contribution in [-0.4, -0.2) is 14.1 Å². The number of nitrogens with one attached hydrogen (secondary N) is 2. The SMILES string of the molecule is C=C/C(C)=C(\NC)Oc1ccc(C)c2ccccc12.CC.CNc1ccccc1. The fourth-order valence-electron chi connectivity index (χ4n) is 2.65. The summed E-state index contributed by atoms with van der Waals surface area (Å²) in [7, 11) is 3.76. The zero-order valence-electron chi connectivity index (χ0n) is 18.5. The van der Waals surface area contributed by atoms with E-state index in [4.69, 9.17) is 4.74 Å². The molecule has 0 amide bonds. The van der Waals surface area contributed by atoms with E-state index in [1.165, 1.54) is 10.9 Å². The van der Waals surface area contributed by atoms with Crippen LogP contribution in [0.2, 0.25) is 0 Å². The lowest BCUT2D eigenvalue weighted by Gasteiger charge is -2.14. The number of benzene rings is 3. The fraction of sp³-hybridized carbons (Fsp3) is 0.231. The summed E-state index contributed by atoms with van der Waals surface area (Å²) in [5.74, 6) is 1.58. The third-order valence-electron chi connectivity index (χ3n) is 4.27. The zero-order valence-corrected chi connectivity index (χ0v) is 18.5. The molecule has 3 rings (SSSR count). The summed E-state index contributed by atoms with van der Waals surface area (Å²) in [6.07, 6.45) is 1.78. The Bertz CT molecular complexity index is 914. The van der Waals surface area contributed by atoms with Gasteiger partial charge in [-0.15, -0.1) is 0 Å². The Morgan fingerprint density at radius 3 is 1.97 bits per heavy atom. The maximum Gasteiger partial charge on any atom is 0.196 e. The highest BCUT2D eigenvalue weighted by Gasteiger charge is 2.07. The third-order valence-corrected chi connectivity index (χ3v) is 4.27. The van der Waals surface area contributed by atoms with Gasteiger partial charge in [-0.1, -0.05) is 75.0 Å². The molecule has 3 aromatic carbocycles. The Kier molecular flexibility index (Phi) is 10.7. The average Bonchev–Trinajstić information content (AvgIpc) is 2.80. The minimum atomic E-state index is 0.726. The van der Waals surface area contributed by atoms with E-state index in [-0.39, 0.29) is 0 Å². The lowest BCUT2D eigenvalue weighted by molar-refractivity contribution is 0.391. The van der Waals surface area contributed by atoms with Crippen molar-refractivity contribution in [2.45, 2.75) is 27.7 Å². The first kappa shape index (κ1) is 23.8. The quantitative estimate of drug-likeness (QED) is 0.366. The third kappa shape index (κ3) is 7.04. The van der Waals surface area contributed by atoms with Gasteiger partial charge in [-0.3, -0.25) is 0 Å². The van der Waals surface area contributed by atoms with Crippen molar-refractivity contribution in [2.75, 3.05) is 19.4 Å². The standard InChI is InChI=1S/C17H19NO.C7H9N.C2H6/c1-5-12(2)17(18-4)19-16-11-10-13(3)14-8-6-7-9-15(14)16;1-8-7-5-3-2-4-6-7;1-2/h5-11,18H,1H2,2-4H3;2-6,8H,1H3;1-2H3/b17-12+;;. The van der Waals surface area contributed by atoms with Crippen LogP contribution in [0.25, 0.3) is 10.8 Å². The lowest BCUT2D eigenvalue weighted by atomic mass is 10.0. The number of fused-ring (bicyclic) bond motifs is 1. The van der Waals surface area contributed by atoms with Crippen molar-refractivity contribution in [1.82, 2.24) is 5.32 Å². The molecular weight excluding hydrogens is 356 g/mol. The molecule has 0 saturated carbocycles. The van der Waals surface area contributed by atoms with Gasteiger partial charge >= 0.3 is 0 Å². The van der Waals surface area contributed by atoms with E-state index in [9.17, 15) is 0 Å². The van der Waals surface area contributed by atoms with Crippen LogP contribution < -0.4 is 15.4 Å². The molecule has 0 aromatic heterocycles. The molecule has 3 aromatic rings. The van der Waals surface area contributed by atoms with E-state index >= 15 is 0 Å². The Balaban J connectivity index is 0.000000351. The van der Waals surface area contributed by atoms with Gasteiger partial charge in [-0.2, -0.15) is 0 Å². The smallest absolute Gasteiger partial charge is 0.196 e. The van der Waals surface area contributed by atoms with Crippen LogP contribution in [0.1, 0.15) is 26.3 Å². The Labute approximate surface area is 176 Å². The molecule has 154 valence electrons. The maximum atomic E-state index is 5.98. The highest BCUT2D eigenvalue weighted by Crippen LogP contribution is 2.29. The summed E-state index contributed by atoms with van der Waals surface area (Å²) in [5, 5.41) is 8.43. The fourth-order valence-corrected chi connectivity index (χ4v) is 2.65. The molecule has 0 fully saturated rings. The van der Waals surface area contributed by atoms with Gasteiger partial charge in [0.05, 0.1) is 0 Å². The monoisotopic (exact) mass is 390 g/mol.